The minimum atomic E-state index is -0.848. The van der Waals surface area contributed by atoms with Crippen molar-refractivity contribution >= 4 is 23.2 Å². The number of hydrogen-bond donors (Lipinski definition) is 1. The predicted molar refractivity (Wildman–Crippen MR) is 88.6 cm³/mol. The highest BCUT2D eigenvalue weighted by Gasteiger charge is 2.42. The summed E-state index contributed by atoms with van der Waals surface area (Å²) < 4.78 is 0. The van der Waals surface area contributed by atoms with Gasteiger partial charge in [0.15, 0.2) is 0 Å². The molecular formula is C17H18N2O3S. The third-order valence-electron chi connectivity index (χ3n) is 4.30. The Hall–Kier alpha value is -2.21. The highest BCUT2D eigenvalue weighted by molar-refractivity contribution is 7.09. The maximum atomic E-state index is 12.7. The summed E-state index contributed by atoms with van der Waals surface area (Å²) in [5, 5.41) is 12.2. The van der Waals surface area contributed by atoms with Crippen molar-refractivity contribution in [2.24, 2.45) is 5.41 Å². The topological polar surface area (TPSA) is 70.5 Å². The molecule has 0 spiro atoms. The summed E-state index contributed by atoms with van der Waals surface area (Å²) in [5.41, 5.74) is 1.49. The van der Waals surface area contributed by atoms with Crippen LogP contribution in [0, 0.1) is 12.3 Å². The first-order chi connectivity index (χ1) is 10.9. The van der Waals surface area contributed by atoms with Crippen LogP contribution in [0.15, 0.2) is 29.6 Å². The molecule has 1 aliphatic rings. The van der Waals surface area contributed by atoms with Crippen LogP contribution < -0.4 is 0 Å². The molecule has 3 rings (SSSR count). The molecule has 1 saturated heterocycles. The number of benzene rings is 1. The van der Waals surface area contributed by atoms with Crippen LogP contribution in [0.4, 0.5) is 0 Å². The fourth-order valence-corrected chi connectivity index (χ4v) is 3.42. The second-order valence-electron chi connectivity index (χ2n) is 6.18. The number of nitrogens with zero attached hydrogens (tertiary/aromatic N) is 2. The normalized spacial score (nSPS) is 20.7. The summed E-state index contributed by atoms with van der Waals surface area (Å²) in [4.78, 5) is 30.1. The van der Waals surface area contributed by atoms with Crippen LogP contribution in [-0.4, -0.2) is 40.0 Å². The number of hydrogen-bond acceptors (Lipinski definition) is 4. The van der Waals surface area contributed by atoms with Crippen molar-refractivity contribution in [3.8, 4) is 11.3 Å². The number of carboxylic acids is 1. The molecule has 23 heavy (non-hydrogen) atoms. The number of rotatable bonds is 3. The second kappa shape index (κ2) is 5.77. The number of aryl methyl sites for hydroxylation is 1. The highest BCUT2D eigenvalue weighted by Crippen LogP contribution is 2.31. The Labute approximate surface area is 138 Å². The van der Waals surface area contributed by atoms with Crippen molar-refractivity contribution in [2.75, 3.05) is 13.1 Å². The maximum absolute atomic E-state index is 12.7. The van der Waals surface area contributed by atoms with Crippen LogP contribution in [0.2, 0.25) is 0 Å². The molecule has 120 valence electrons. The number of likely N-dealkylation sites (tertiary alicyclic amines) is 1. The third-order valence-corrected chi connectivity index (χ3v) is 5.07. The van der Waals surface area contributed by atoms with Crippen LogP contribution in [0.3, 0.4) is 0 Å². The molecule has 6 heteroatoms. The van der Waals surface area contributed by atoms with Gasteiger partial charge in [-0.25, -0.2) is 4.98 Å². The van der Waals surface area contributed by atoms with Gasteiger partial charge in [0.2, 0.25) is 0 Å². The van der Waals surface area contributed by atoms with Crippen LogP contribution in [-0.2, 0) is 4.79 Å². The number of amides is 1. The van der Waals surface area contributed by atoms with Crippen molar-refractivity contribution in [2.45, 2.75) is 20.3 Å². The zero-order valence-corrected chi connectivity index (χ0v) is 13.9. The van der Waals surface area contributed by atoms with E-state index in [-0.39, 0.29) is 12.5 Å². The monoisotopic (exact) mass is 330 g/mol. The molecular weight excluding hydrogens is 312 g/mol. The van der Waals surface area contributed by atoms with E-state index in [1.54, 1.807) is 29.2 Å². The van der Waals surface area contributed by atoms with E-state index in [0.717, 1.165) is 16.3 Å². The summed E-state index contributed by atoms with van der Waals surface area (Å²) >= 11 is 1.57. The van der Waals surface area contributed by atoms with Crippen molar-refractivity contribution in [3.63, 3.8) is 0 Å². The van der Waals surface area contributed by atoms with E-state index in [9.17, 15) is 14.7 Å². The number of thiazole rings is 1. The van der Waals surface area contributed by atoms with E-state index in [0.29, 0.717) is 18.5 Å². The standard InChI is InChI=1S/C17H18N2O3S/c1-11-18-14(9-23-11)12-4-3-5-13(8-12)15(20)19-7-6-17(2,10-19)16(21)22/h3-5,8-9H,6-7,10H2,1-2H3,(H,21,22)/t17-/m1/s1. The van der Waals surface area contributed by atoms with Gasteiger partial charge in [-0.1, -0.05) is 12.1 Å². The van der Waals surface area contributed by atoms with Crippen molar-refractivity contribution in [1.82, 2.24) is 9.88 Å². The molecule has 1 aromatic heterocycles. The van der Waals surface area contributed by atoms with Gasteiger partial charge in [-0.2, -0.15) is 0 Å². The van der Waals surface area contributed by atoms with Gasteiger partial charge >= 0.3 is 5.97 Å². The molecule has 2 heterocycles. The number of aromatic nitrogens is 1. The van der Waals surface area contributed by atoms with Gasteiger partial charge in [0.05, 0.1) is 16.1 Å². The van der Waals surface area contributed by atoms with Crippen LogP contribution >= 0.6 is 11.3 Å². The molecule has 0 saturated carbocycles. The highest BCUT2D eigenvalue weighted by atomic mass is 32.1. The van der Waals surface area contributed by atoms with E-state index in [1.165, 1.54) is 0 Å². The number of carbonyl (C=O) groups is 2. The summed E-state index contributed by atoms with van der Waals surface area (Å²) in [5.74, 6) is -0.969. The molecule has 0 aliphatic carbocycles. The van der Waals surface area contributed by atoms with Gasteiger partial charge in [0.25, 0.3) is 5.91 Å². The zero-order valence-electron chi connectivity index (χ0n) is 13.1. The van der Waals surface area contributed by atoms with Gasteiger partial charge in [-0.3, -0.25) is 9.59 Å². The van der Waals surface area contributed by atoms with Crippen molar-refractivity contribution in [1.29, 1.82) is 0 Å². The summed E-state index contributed by atoms with van der Waals surface area (Å²) in [6.45, 7) is 4.36. The lowest BCUT2D eigenvalue weighted by molar-refractivity contribution is -0.147. The number of carbonyl (C=O) groups excluding carboxylic acids is 1. The third kappa shape index (κ3) is 2.99. The minimum Gasteiger partial charge on any atom is -0.481 e. The van der Waals surface area contributed by atoms with E-state index >= 15 is 0 Å². The first-order valence-electron chi connectivity index (χ1n) is 7.44. The molecule has 1 aliphatic heterocycles. The Morgan fingerprint density at radius 3 is 2.78 bits per heavy atom. The largest absolute Gasteiger partial charge is 0.481 e. The SMILES string of the molecule is Cc1nc(-c2cccc(C(=O)N3CC[C@@](C)(C(=O)O)C3)c2)cs1. The fraction of sp³-hybridized carbons (Fsp3) is 0.353. The van der Waals surface area contributed by atoms with Gasteiger partial charge in [-0.15, -0.1) is 11.3 Å². The molecule has 0 bridgehead atoms. The Bertz CT molecular complexity index is 771. The molecule has 2 aromatic rings. The van der Waals surface area contributed by atoms with Gasteiger partial charge in [0, 0.05) is 29.6 Å². The zero-order chi connectivity index (χ0) is 16.6. The molecule has 1 fully saturated rings. The van der Waals surface area contributed by atoms with Crippen LogP contribution in [0.1, 0.15) is 28.7 Å². The van der Waals surface area contributed by atoms with Gasteiger partial charge in [0.1, 0.15) is 0 Å². The summed E-state index contributed by atoms with van der Waals surface area (Å²) in [7, 11) is 0. The molecule has 0 radical (unpaired) electrons. The Kier molecular flexibility index (Phi) is 3.93. The quantitative estimate of drug-likeness (QED) is 0.939. The van der Waals surface area contributed by atoms with Crippen molar-refractivity contribution < 1.29 is 14.7 Å². The Morgan fingerprint density at radius 2 is 2.17 bits per heavy atom. The van der Waals surface area contributed by atoms with Crippen molar-refractivity contribution in [3.05, 3.63) is 40.2 Å². The number of aliphatic carboxylic acids is 1. The molecule has 1 aromatic carbocycles. The Balaban J connectivity index is 1.82. The van der Waals surface area contributed by atoms with Gasteiger partial charge in [-0.05, 0) is 32.4 Å². The second-order valence-corrected chi connectivity index (χ2v) is 7.24. The van der Waals surface area contributed by atoms with E-state index in [1.807, 2.05) is 30.5 Å². The van der Waals surface area contributed by atoms with E-state index in [4.69, 9.17) is 0 Å². The average Bonchev–Trinajstić information content (AvgIpc) is 3.14. The van der Waals surface area contributed by atoms with Gasteiger partial charge < -0.3 is 10.0 Å². The van der Waals surface area contributed by atoms with Crippen LogP contribution in [0.5, 0.6) is 0 Å². The predicted octanol–water partition coefficient (Wildman–Crippen LogP) is 3.06. The molecule has 1 amide bonds. The lowest BCUT2D eigenvalue weighted by Gasteiger charge is -2.20. The lowest BCUT2D eigenvalue weighted by atomic mass is 9.90. The first-order valence-corrected chi connectivity index (χ1v) is 8.32. The molecule has 1 N–H and O–H groups in total. The number of carboxylic acid groups (broad SMARTS) is 1. The molecule has 5 nitrogen and oxygen atoms in total. The lowest BCUT2D eigenvalue weighted by Crippen LogP contribution is -2.34. The van der Waals surface area contributed by atoms with E-state index in [2.05, 4.69) is 4.98 Å². The first kappa shape index (κ1) is 15.7. The smallest absolute Gasteiger partial charge is 0.311 e. The average molecular weight is 330 g/mol. The summed E-state index contributed by atoms with van der Waals surface area (Å²) in [6.07, 6.45) is 0.485. The minimum absolute atomic E-state index is 0.122. The molecule has 0 unspecified atom stereocenters. The fourth-order valence-electron chi connectivity index (χ4n) is 2.80. The summed E-state index contributed by atoms with van der Waals surface area (Å²) in [6, 6.07) is 7.36. The maximum Gasteiger partial charge on any atom is 0.311 e. The van der Waals surface area contributed by atoms with E-state index < -0.39 is 11.4 Å². The Morgan fingerprint density at radius 1 is 1.39 bits per heavy atom. The molecule has 1 atom stereocenters. The van der Waals surface area contributed by atoms with Crippen LogP contribution in [0.25, 0.3) is 11.3 Å².